The number of aromatic nitrogens is 4. The van der Waals surface area contributed by atoms with Gasteiger partial charge in [-0.2, -0.15) is 4.98 Å². The predicted octanol–water partition coefficient (Wildman–Crippen LogP) is -0.329. The van der Waals surface area contributed by atoms with Crippen molar-refractivity contribution >= 4 is 22.9 Å². The van der Waals surface area contributed by atoms with Gasteiger partial charge in [0, 0.05) is 0 Å². The Morgan fingerprint density at radius 3 is 3.16 bits per heavy atom. The van der Waals surface area contributed by atoms with Crippen LogP contribution in [-0.4, -0.2) is 56.0 Å². The summed E-state index contributed by atoms with van der Waals surface area (Å²) in [5.41, 5.74) is 0.784. The van der Waals surface area contributed by atoms with E-state index in [1.165, 1.54) is 36.3 Å². The summed E-state index contributed by atoms with van der Waals surface area (Å²) in [4.78, 5) is 17.8. The Balaban J connectivity index is 1.82. The fourth-order valence-corrected chi connectivity index (χ4v) is 2.55. The molecule has 0 bridgehead atoms. The first-order chi connectivity index (χ1) is 9.31. The van der Waals surface area contributed by atoms with Crippen LogP contribution in [0, 0.1) is 0 Å². The third kappa shape index (κ3) is 2.31. The van der Waals surface area contributed by atoms with Crippen LogP contribution in [0.3, 0.4) is 0 Å². The average molecular weight is 284 g/mol. The Morgan fingerprint density at radius 2 is 2.42 bits per heavy atom. The topological polar surface area (TPSA) is 91.5 Å². The standard InChI is InChI=1S/C10H12N4O4S/c1-16-10-8-9(11-4-12-10)14(5-13-8)18-6-3-19-7(2-15)17-6/h4-7,15H,2-3H2,1H3/t6-,7-/m0/s1. The Morgan fingerprint density at radius 1 is 1.53 bits per heavy atom. The van der Waals surface area contributed by atoms with Crippen molar-refractivity contribution in [2.45, 2.75) is 11.7 Å². The molecule has 3 rings (SSSR count). The summed E-state index contributed by atoms with van der Waals surface area (Å²) in [6, 6.07) is 0. The van der Waals surface area contributed by atoms with Crippen LogP contribution in [0.1, 0.15) is 0 Å². The quantitative estimate of drug-likeness (QED) is 0.816. The maximum atomic E-state index is 8.99. The van der Waals surface area contributed by atoms with Gasteiger partial charge < -0.3 is 19.4 Å². The van der Waals surface area contributed by atoms with E-state index in [0.29, 0.717) is 22.8 Å². The molecule has 0 aromatic carbocycles. The van der Waals surface area contributed by atoms with Crippen molar-refractivity contribution in [1.82, 2.24) is 19.7 Å². The lowest BCUT2D eigenvalue weighted by Gasteiger charge is -2.13. The number of fused-ring (bicyclic) bond motifs is 1. The number of imidazole rings is 1. The second-order valence-electron chi connectivity index (χ2n) is 3.74. The zero-order valence-electron chi connectivity index (χ0n) is 10.1. The Labute approximate surface area is 112 Å². The number of hydrogen-bond donors (Lipinski definition) is 1. The van der Waals surface area contributed by atoms with E-state index in [1.54, 1.807) is 0 Å². The van der Waals surface area contributed by atoms with Gasteiger partial charge in [-0.05, 0) is 0 Å². The lowest BCUT2D eigenvalue weighted by atomic mass is 10.5. The lowest BCUT2D eigenvalue weighted by molar-refractivity contribution is -0.132. The second kappa shape index (κ2) is 5.19. The van der Waals surface area contributed by atoms with Crippen molar-refractivity contribution in [3.8, 4) is 5.88 Å². The van der Waals surface area contributed by atoms with Gasteiger partial charge in [0.2, 0.25) is 17.8 Å². The van der Waals surface area contributed by atoms with E-state index >= 15 is 0 Å². The molecule has 1 fully saturated rings. The van der Waals surface area contributed by atoms with Crippen molar-refractivity contribution < 1.29 is 19.4 Å². The van der Waals surface area contributed by atoms with Crippen LogP contribution in [0.4, 0.5) is 0 Å². The third-order valence-electron chi connectivity index (χ3n) is 2.57. The van der Waals surface area contributed by atoms with Crippen LogP contribution < -0.4 is 9.57 Å². The van der Waals surface area contributed by atoms with E-state index in [0.717, 1.165) is 0 Å². The molecule has 1 N–H and O–H groups in total. The summed E-state index contributed by atoms with van der Waals surface area (Å²) in [5, 5.41) is 8.99. The summed E-state index contributed by atoms with van der Waals surface area (Å²) in [6.07, 6.45) is 2.42. The molecule has 2 aromatic rings. The molecule has 8 nitrogen and oxygen atoms in total. The van der Waals surface area contributed by atoms with Crippen LogP contribution in [-0.2, 0) is 4.74 Å². The first-order valence-corrected chi connectivity index (χ1v) is 6.64. The normalized spacial score (nSPS) is 22.8. The number of aliphatic hydroxyl groups excluding tert-OH is 1. The molecule has 0 spiro atoms. The van der Waals surface area contributed by atoms with Gasteiger partial charge in [-0.25, -0.2) is 9.97 Å². The van der Waals surface area contributed by atoms with E-state index in [4.69, 9.17) is 19.4 Å². The molecule has 3 heterocycles. The summed E-state index contributed by atoms with van der Waals surface area (Å²) in [6.45, 7) is -0.0365. The molecule has 1 aliphatic rings. The zero-order chi connectivity index (χ0) is 13.2. The number of nitrogens with zero attached hydrogens (tertiary/aromatic N) is 4. The van der Waals surface area contributed by atoms with Gasteiger partial charge >= 0.3 is 0 Å². The predicted molar refractivity (Wildman–Crippen MR) is 66.7 cm³/mol. The molecule has 2 aromatic heterocycles. The van der Waals surface area contributed by atoms with Gasteiger partial charge in [0.1, 0.15) is 18.1 Å². The Bertz CT molecular complexity index is 578. The first kappa shape index (κ1) is 12.5. The zero-order valence-corrected chi connectivity index (χ0v) is 10.9. The third-order valence-corrected chi connectivity index (χ3v) is 3.66. The smallest absolute Gasteiger partial charge is 0.245 e. The van der Waals surface area contributed by atoms with Gasteiger partial charge in [-0.1, -0.05) is 0 Å². The molecule has 2 atom stereocenters. The number of methoxy groups -OCH3 is 1. The lowest BCUT2D eigenvalue weighted by Crippen LogP contribution is -2.27. The monoisotopic (exact) mass is 284 g/mol. The maximum Gasteiger partial charge on any atom is 0.245 e. The fourth-order valence-electron chi connectivity index (χ4n) is 1.73. The minimum Gasteiger partial charge on any atom is -0.479 e. The van der Waals surface area contributed by atoms with Gasteiger partial charge in [0.05, 0.1) is 19.5 Å². The summed E-state index contributed by atoms with van der Waals surface area (Å²) >= 11 is 1.50. The molecule has 0 saturated carbocycles. The molecule has 0 aliphatic carbocycles. The van der Waals surface area contributed by atoms with Gasteiger partial charge in [-0.15, -0.1) is 16.5 Å². The number of hydrogen-bond acceptors (Lipinski definition) is 8. The van der Waals surface area contributed by atoms with Crippen LogP contribution in [0.25, 0.3) is 11.2 Å². The average Bonchev–Trinajstić information content (AvgIpc) is 3.06. The summed E-state index contributed by atoms with van der Waals surface area (Å²) in [7, 11) is 1.52. The molecule has 0 amide bonds. The number of thioether (sulfide) groups is 1. The fraction of sp³-hybridized carbons (Fsp3) is 0.500. The van der Waals surface area contributed by atoms with Gasteiger partial charge in [0.15, 0.2) is 5.52 Å². The van der Waals surface area contributed by atoms with Gasteiger partial charge in [-0.3, -0.25) is 0 Å². The van der Waals surface area contributed by atoms with E-state index in [2.05, 4.69) is 15.0 Å². The van der Waals surface area contributed by atoms with Crippen LogP contribution in [0.15, 0.2) is 12.7 Å². The molecule has 1 aliphatic heterocycles. The molecule has 0 unspecified atom stereocenters. The van der Waals surface area contributed by atoms with E-state index in [9.17, 15) is 0 Å². The highest BCUT2D eigenvalue weighted by Gasteiger charge is 2.28. The van der Waals surface area contributed by atoms with E-state index in [1.807, 2.05) is 0 Å². The van der Waals surface area contributed by atoms with Crippen molar-refractivity contribution in [2.75, 3.05) is 19.5 Å². The SMILES string of the molecule is COc1ncnc2c1ncn2O[C@H]1CS[C@@H](CO)O1. The van der Waals surface area contributed by atoms with Crippen molar-refractivity contribution in [1.29, 1.82) is 0 Å². The van der Waals surface area contributed by atoms with E-state index in [-0.39, 0.29) is 12.0 Å². The van der Waals surface area contributed by atoms with Crippen LogP contribution >= 0.6 is 11.8 Å². The highest BCUT2D eigenvalue weighted by atomic mass is 32.2. The highest BCUT2D eigenvalue weighted by Crippen LogP contribution is 2.25. The number of rotatable bonds is 4. The van der Waals surface area contributed by atoms with Crippen molar-refractivity contribution in [3.05, 3.63) is 12.7 Å². The number of aliphatic hydroxyl groups is 1. The molecule has 9 heteroatoms. The highest BCUT2D eigenvalue weighted by molar-refractivity contribution is 8.00. The molecule has 0 radical (unpaired) electrons. The minimum absolute atomic E-state index is 0.0365. The number of ether oxygens (including phenoxy) is 2. The van der Waals surface area contributed by atoms with Crippen molar-refractivity contribution in [2.24, 2.45) is 0 Å². The molecular formula is C10H12N4O4S. The molecule has 102 valence electrons. The van der Waals surface area contributed by atoms with Crippen LogP contribution in [0.5, 0.6) is 5.88 Å². The second-order valence-corrected chi connectivity index (χ2v) is 4.93. The molecule has 19 heavy (non-hydrogen) atoms. The molecule has 1 saturated heterocycles. The first-order valence-electron chi connectivity index (χ1n) is 5.59. The molecular weight excluding hydrogens is 272 g/mol. The van der Waals surface area contributed by atoms with Gasteiger partial charge in [0.25, 0.3) is 0 Å². The largest absolute Gasteiger partial charge is 0.479 e. The minimum atomic E-state index is -0.444. The van der Waals surface area contributed by atoms with Crippen molar-refractivity contribution in [3.63, 3.8) is 0 Å². The van der Waals surface area contributed by atoms with Crippen LogP contribution in [0.2, 0.25) is 0 Å². The summed E-state index contributed by atoms with van der Waals surface area (Å²) < 4.78 is 12.0. The van der Waals surface area contributed by atoms with E-state index < -0.39 is 6.29 Å². The Kier molecular flexibility index (Phi) is 3.40. The Hall–Kier alpha value is -1.58. The summed E-state index contributed by atoms with van der Waals surface area (Å²) in [5.74, 6) is 1.02. The maximum absolute atomic E-state index is 8.99.